The van der Waals surface area contributed by atoms with Crippen molar-refractivity contribution in [3.8, 4) is 5.95 Å². The number of hydrogen-bond donors (Lipinski definition) is 2. The van der Waals surface area contributed by atoms with Crippen molar-refractivity contribution in [2.24, 2.45) is 5.73 Å². The van der Waals surface area contributed by atoms with Crippen molar-refractivity contribution in [3.63, 3.8) is 0 Å². The lowest BCUT2D eigenvalue weighted by molar-refractivity contribution is -0.116. The molecule has 0 spiro atoms. The molecule has 29 heavy (non-hydrogen) atoms. The molecule has 9 heteroatoms. The summed E-state index contributed by atoms with van der Waals surface area (Å²) in [6.07, 6.45) is 0.584. The maximum atomic E-state index is 12.7. The number of hydrogen-bond acceptors (Lipinski definition) is 5. The van der Waals surface area contributed by atoms with Crippen molar-refractivity contribution in [2.75, 3.05) is 5.32 Å². The van der Waals surface area contributed by atoms with Crippen LogP contribution in [-0.4, -0.2) is 31.1 Å². The summed E-state index contributed by atoms with van der Waals surface area (Å²) in [5.74, 6) is -0.669. The summed E-state index contributed by atoms with van der Waals surface area (Å²) < 4.78 is 2.84. The second kappa shape index (κ2) is 8.09. The predicted octanol–water partition coefficient (Wildman–Crippen LogP) is 1.35. The quantitative estimate of drug-likeness (QED) is 0.653. The molecule has 0 aliphatic rings. The van der Waals surface area contributed by atoms with Crippen molar-refractivity contribution in [1.82, 2.24) is 19.3 Å². The Kier molecular flexibility index (Phi) is 5.58. The summed E-state index contributed by atoms with van der Waals surface area (Å²) in [5, 5.41) is 7.10. The number of nitrogens with two attached hydrogens (primary N) is 1. The van der Waals surface area contributed by atoms with Crippen LogP contribution in [0.3, 0.4) is 0 Å². The molecule has 2 aromatic heterocycles. The molecule has 0 unspecified atom stereocenters. The number of aryl methyl sites for hydroxylation is 3. The first-order chi connectivity index (χ1) is 13.8. The summed E-state index contributed by atoms with van der Waals surface area (Å²) in [7, 11) is 0. The highest BCUT2D eigenvalue weighted by atomic mass is 16.2. The number of anilines is 1. The summed E-state index contributed by atoms with van der Waals surface area (Å²) in [6, 6.07) is 9.47. The van der Waals surface area contributed by atoms with Crippen LogP contribution in [0.5, 0.6) is 0 Å². The zero-order valence-corrected chi connectivity index (χ0v) is 16.5. The fourth-order valence-corrected chi connectivity index (χ4v) is 2.92. The summed E-state index contributed by atoms with van der Waals surface area (Å²) in [5.41, 5.74) is 7.91. The number of benzene rings is 1. The lowest BCUT2D eigenvalue weighted by Crippen LogP contribution is -2.32. The van der Waals surface area contributed by atoms with Gasteiger partial charge in [0.15, 0.2) is 0 Å². The van der Waals surface area contributed by atoms with E-state index >= 15 is 0 Å². The largest absolute Gasteiger partial charge is 0.366 e. The molecule has 0 saturated carbocycles. The maximum absolute atomic E-state index is 12.7. The minimum Gasteiger partial charge on any atom is -0.366 e. The van der Waals surface area contributed by atoms with Crippen LogP contribution in [0.25, 0.3) is 5.95 Å². The van der Waals surface area contributed by atoms with Crippen molar-refractivity contribution >= 4 is 17.5 Å². The number of aromatic nitrogens is 4. The molecule has 0 atom stereocenters. The highest BCUT2D eigenvalue weighted by Crippen LogP contribution is 2.12. The Morgan fingerprint density at radius 3 is 2.38 bits per heavy atom. The van der Waals surface area contributed by atoms with Gasteiger partial charge in [-0.3, -0.25) is 19.0 Å². The van der Waals surface area contributed by atoms with Crippen LogP contribution in [0.4, 0.5) is 5.69 Å². The SMILES string of the molecule is CCc1cc(=O)n(CC(=O)Nc2ccc(C(N)=O)cc2)c(-n2nc(C)cc2C)n1. The van der Waals surface area contributed by atoms with E-state index in [1.165, 1.54) is 22.8 Å². The minimum absolute atomic E-state index is 0.235. The molecule has 0 fully saturated rings. The normalized spacial score (nSPS) is 10.7. The average molecular weight is 394 g/mol. The first kappa shape index (κ1) is 20.0. The van der Waals surface area contributed by atoms with Crippen LogP contribution in [-0.2, 0) is 17.8 Å². The van der Waals surface area contributed by atoms with Crippen LogP contribution >= 0.6 is 0 Å². The van der Waals surface area contributed by atoms with E-state index in [0.29, 0.717) is 29.3 Å². The van der Waals surface area contributed by atoms with Crippen LogP contribution in [0.2, 0.25) is 0 Å². The Morgan fingerprint density at radius 2 is 1.83 bits per heavy atom. The lowest BCUT2D eigenvalue weighted by atomic mass is 10.2. The number of amides is 2. The zero-order valence-electron chi connectivity index (χ0n) is 16.5. The van der Waals surface area contributed by atoms with E-state index in [2.05, 4.69) is 15.4 Å². The maximum Gasteiger partial charge on any atom is 0.255 e. The standard InChI is InChI=1S/C20H22N6O3/c1-4-15-10-18(28)25(20(23-15)26-13(3)9-12(2)24-26)11-17(27)22-16-7-5-14(6-8-16)19(21)29/h5-10H,4,11H2,1-3H3,(H2,21,29)(H,22,27). The molecular weight excluding hydrogens is 372 g/mol. The molecule has 0 aliphatic carbocycles. The Morgan fingerprint density at radius 1 is 1.14 bits per heavy atom. The van der Waals surface area contributed by atoms with Gasteiger partial charge in [-0.25, -0.2) is 9.67 Å². The van der Waals surface area contributed by atoms with Gasteiger partial charge in [-0.1, -0.05) is 6.92 Å². The first-order valence-corrected chi connectivity index (χ1v) is 9.12. The molecule has 3 N–H and O–H groups in total. The zero-order chi connectivity index (χ0) is 21.1. The van der Waals surface area contributed by atoms with E-state index in [1.54, 1.807) is 16.8 Å². The second-order valence-corrected chi connectivity index (χ2v) is 6.65. The van der Waals surface area contributed by atoms with Gasteiger partial charge in [0, 0.05) is 28.7 Å². The van der Waals surface area contributed by atoms with Crippen molar-refractivity contribution in [2.45, 2.75) is 33.7 Å². The monoisotopic (exact) mass is 394 g/mol. The number of carbonyl (C=O) groups is 2. The van der Waals surface area contributed by atoms with Gasteiger partial charge in [0.25, 0.3) is 5.56 Å². The number of nitrogens with one attached hydrogen (secondary N) is 1. The molecule has 150 valence electrons. The molecule has 9 nitrogen and oxygen atoms in total. The third kappa shape index (κ3) is 4.40. The van der Waals surface area contributed by atoms with E-state index in [1.807, 2.05) is 26.8 Å². The highest BCUT2D eigenvalue weighted by Gasteiger charge is 2.16. The van der Waals surface area contributed by atoms with Crippen LogP contribution < -0.4 is 16.6 Å². The van der Waals surface area contributed by atoms with Gasteiger partial charge in [0.2, 0.25) is 17.8 Å². The third-order valence-corrected chi connectivity index (χ3v) is 4.36. The molecule has 2 amide bonds. The van der Waals surface area contributed by atoms with Gasteiger partial charge in [-0.15, -0.1) is 0 Å². The van der Waals surface area contributed by atoms with Gasteiger partial charge >= 0.3 is 0 Å². The van der Waals surface area contributed by atoms with E-state index in [0.717, 1.165) is 11.4 Å². The molecule has 1 aromatic carbocycles. The van der Waals surface area contributed by atoms with E-state index in [9.17, 15) is 14.4 Å². The first-order valence-electron chi connectivity index (χ1n) is 9.12. The van der Waals surface area contributed by atoms with E-state index in [-0.39, 0.29) is 12.1 Å². The fourth-order valence-electron chi connectivity index (χ4n) is 2.92. The Labute approximate surface area is 167 Å². The molecular formula is C20H22N6O3. The topological polar surface area (TPSA) is 125 Å². The predicted molar refractivity (Wildman–Crippen MR) is 108 cm³/mol. The van der Waals surface area contributed by atoms with E-state index < -0.39 is 11.8 Å². The number of rotatable bonds is 6. The van der Waals surface area contributed by atoms with Gasteiger partial charge in [-0.05, 0) is 50.6 Å². The Balaban J connectivity index is 1.91. The number of carbonyl (C=O) groups excluding carboxylic acids is 2. The number of nitrogens with zero attached hydrogens (tertiary/aromatic N) is 4. The molecule has 0 bridgehead atoms. The highest BCUT2D eigenvalue weighted by molar-refractivity contribution is 5.94. The summed E-state index contributed by atoms with van der Waals surface area (Å²) >= 11 is 0. The van der Waals surface area contributed by atoms with E-state index in [4.69, 9.17) is 5.73 Å². The molecule has 0 aliphatic heterocycles. The smallest absolute Gasteiger partial charge is 0.255 e. The third-order valence-electron chi connectivity index (χ3n) is 4.36. The fraction of sp³-hybridized carbons (Fsp3) is 0.250. The molecule has 0 saturated heterocycles. The molecule has 3 rings (SSSR count). The second-order valence-electron chi connectivity index (χ2n) is 6.65. The molecule has 2 heterocycles. The Hall–Kier alpha value is -3.75. The van der Waals surface area contributed by atoms with Gasteiger partial charge < -0.3 is 11.1 Å². The van der Waals surface area contributed by atoms with Gasteiger partial charge in [-0.2, -0.15) is 5.10 Å². The number of primary amides is 1. The van der Waals surface area contributed by atoms with Crippen LogP contribution in [0, 0.1) is 13.8 Å². The van der Waals surface area contributed by atoms with Crippen LogP contribution in [0.15, 0.2) is 41.2 Å². The average Bonchev–Trinajstić information content (AvgIpc) is 3.01. The van der Waals surface area contributed by atoms with Gasteiger partial charge in [0.05, 0.1) is 5.69 Å². The van der Waals surface area contributed by atoms with Crippen molar-refractivity contribution < 1.29 is 9.59 Å². The van der Waals surface area contributed by atoms with Gasteiger partial charge in [0.1, 0.15) is 6.54 Å². The summed E-state index contributed by atoms with van der Waals surface area (Å²) in [6.45, 7) is 5.37. The summed E-state index contributed by atoms with van der Waals surface area (Å²) in [4.78, 5) is 40.9. The van der Waals surface area contributed by atoms with Crippen molar-refractivity contribution in [1.29, 1.82) is 0 Å². The molecule has 3 aromatic rings. The lowest BCUT2D eigenvalue weighted by Gasteiger charge is -2.14. The molecule has 0 radical (unpaired) electrons. The van der Waals surface area contributed by atoms with Crippen molar-refractivity contribution in [3.05, 3.63) is 69.4 Å². The minimum atomic E-state index is -0.550. The van der Waals surface area contributed by atoms with Crippen LogP contribution in [0.1, 0.15) is 34.4 Å². The Bertz CT molecular complexity index is 1130.